The summed E-state index contributed by atoms with van der Waals surface area (Å²) in [6, 6.07) is 14.4. The lowest BCUT2D eigenvalue weighted by molar-refractivity contribution is 0.817. The number of anilines is 1. The molecule has 0 saturated carbocycles. The predicted molar refractivity (Wildman–Crippen MR) is 90.5 cm³/mol. The Balaban J connectivity index is 2.17. The normalized spacial score (nSPS) is 10.6. The summed E-state index contributed by atoms with van der Waals surface area (Å²) in [5.41, 5.74) is 3.48. The highest BCUT2D eigenvalue weighted by molar-refractivity contribution is 9.10. The minimum Gasteiger partial charge on any atom is -0.369 e. The van der Waals surface area contributed by atoms with Gasteiger partial charge in [0.1, 0.15) is 0 Å². The van der Waals surface area contributed by atoms with Crippen LogP contribution in [-0.2, 0) is 13.1 Å². The fraction of sp³-hybridized carbons (Fsp3) is 0.250. The van der Waals surface area contributed by atoms with Crippen LogP contribution in [0.5, 0.6) is 0 Å². The van der Waals surface area contributed by atoms with Crippen molar-refractivity contribution in [1.29, 1.82) is 0 Å². The topological polar surface area (TPSA) is 15.3 Å². The van der Waals surface area contributed by atoms with Crippen molar-refractivity contribution in [2.24, 2.45) is 0 Å². The van der Waals surface area contributed by atoms with Crippen molar-refractivity contribution >= 4 is 33.2 Å². The largest absolute Gasteiger partial charge is 0.369 e. The van der Waals surface area contributed by atoms with Crippen LogP contribution >= 0.6 is 27.5 Å². The molecule has 0 atom stereocenters. The molecule has 0 aromatic heterocycles. The molecule has 4 heteroatoms. The Morgan fingerprint density at radius 1 is 1.20 bits per heavy atom. The number of hydrogen-bond acceptors (Lipinski definition) is 2. The second-order valence-electron chi connectivity index (χ2n) is 4.76. The van der Waals surface area contributed by atoms with E-state index in [0.29, 0.717) is 0 Å². The van der Waals surface area contributed by atoms with Gasteiger partial charge in [0, 0.05) is 24.6 Å². The van der Waals surface area contributed by atoms with E-state index in [1.807, 2.05) is 25.2 Å². The maximum absolute atomic E-state index is 6.38. The number of nitrogens with one attached hydrogen (secondary N) is 1. The fourth-order valence-corrected chi connectivity index (χ4v) is 2.90. The van der Waals surface area contributed by atoms with Crippen LogP contribution in [0.4, 0.5) is 5.69 Å². The third-order valence-electron chi connectivity index (χ3n) is 3.17. The Bertz CT molecular complexity index is 586. The summed E-state index contributed by atoms with van der Waals surface area (Å²) < 4.78 is 1.12. The highest BCUT2D eigenvalue weighted by atomic mass is 79.9. The first kappa shape index (κ1) is 15.4. The molecule has 0 aliphatic rings. The van der Waals surface area contributed by atoms with Gasteiger partial charge in [-0.3, -0.25) is 0 Å². The molecule has 2 rings (SSSR count). The van der Waals surface area contributed by atoms with Crippen molar-refractivity contribution in [3.05, 3.63) is 63.1 Å². The van der Waals surface area contributed by atoms with Crippen LogP contribution in [0.1, 0.15) is 11.1 Å². The first-order valence-corrected chi connectivity index (χ1v) is 7.66. The summed E-state index contributed by atoms with van der Waals surface area (Å²) in [5, 5.41) is 3.91. The van der Waals surface area contributed by atoms with Gasteiger partial charge in [-0.1, -0.05) is 51.8 Å². The van der Waals surface area contributed by atoms with Gasteiger partial charge < -0.3 is 10.2 Å². The lowest BCUT2D eigenvalue weighted by Crippen LogP contribution is -2.17. The second kappa shape index (κ2) is 7.11. The zero-order valence-corrected chi connectivity index (χ0v) is 14.0. The fourth-order valence-electron chi connectivity index (χ4n) is 2.14. The molecular formula is C16H18BrClN2. The molecule has 0 bridgehead atoms. The number of hydrogen-bond donors (Lipinski definition) is 1. The summed E-state index contributed by atoms with van der Waals surface area (Å²) in [4.78, 5) is 2.16. The minimum absolute atomic E-state index is 0.785. The van der Waals surface area contributed by atoms with E-state index < -0.39 is 0 Å². The number of nitrogens with zero attached hydrogens (tertiary/aromatic N) is 1. The molecule has 0 saturated heterocycles. The lowest BCUT2D eigenvalue weighted by Gasteiger charge is -2.22. The van der Waals surface area contributed by atoms with E-state index in [1.54, 1.807) is 0 Å². The van der Waals surface area contributed by atoms with Crippen molar-refractivity contribution < 1.29 is 0 Å². The number of rotatable bonds is 5. The van der Waals surface area contributed by atoms with Gasteiger partial charge in [0.2, 0.25) is 0 Å². The van der Waals surface area contributed by atoms with Crippen LogP contribution in [0.3, 0.4) is 0 Å². The zero-order valence-electron chi connectivity index (χ0n) is 11.7. The Morgan fingerprint density at radius 2 is 1.95 bits per heavy atom. The van der Waals surface area contributed by atoms with Crippen LogP contribution in [0.15, 0.2) is 46.9 Å². The molecule has 0 unspecified atom stereocenters. The molecule has 2 aromatic rings. The van der Waals surface area contributed by atoms with Crippen LogP contribution in [0, 0.1) is 0 Å². The Labute approximate surface area is 133 Å². The zero-order chi connectivity index (χ0) is 14.5. The molecule has 0 spiro atoms. The Hall–Kier alpha value is -1.03. The van der Waals surface area contributed by atoms with E-state index in [2.05, 4.69) is 57.5 Å². The van der Waals surface area contributed by atoms with E-state index in [1.165, 1.54) is 11.1 Å². The molecule has 0 heterocycles. The van der Waals surface area contributed by atoms with Gasteiger partial charge in [-0.15, -0.1) is 0 Å². The van der Waals surface area contributed by atoms with Gasteiger partial charge in [0.25, 0.3) is 0 Å². The van der Waals surface area contributed by atoms with Gasteiger partial charge in [-0.25, -0.2) is 0 Å². The minimum atomic E-state index is 0.785. The highest BCUT2D eigenvalue weighted by Crippen LogP contribution is 2.28. The number of benzene rings is 2. The molecular weight excluding hydrogens is 336 g/mol. The first-order valence-electron chi connectivity index (χ1n) is 6.49. The molecule has 0 aliphatic carbocycles. The average molecular weight is 354 g/mol. The first-order chi connectivity index (χ1) is 9.61. The molecule has 0 fully saturated rings. The summed E-state index contributed by atoms with van der Waals surface area (Å²) in [6.45, 7) is 1.64. The van der Waals surface area contributed by atoms with E-state index in [0.717, 1.165) is 28.3 Å². The van der Waals surface area contributed by atoms with Gasteiger partial charge in [0.15, 0.2) is 0 Å². The molecule has 2 nitrogen and oxygen atoms in total. The van der Waals surface area contributed by atoms with Crippen molar-refractivity contribution in [3.8, 4) is 0 Å². The van der Waals surface area contributed by atoms with Crippen LogP contribution in [0.2, 0.25) is 5.02 Å². The van der Waals surface area contributed by atoms with Crippen molar-refractivity contribution in [2.75, 3.05) is 19.0 Å². The molecule has 0 aliphatic heterocycles. The van der Waals surface area contributed by atoms with E-state index in [9.17, 15) is 0 Å². The second-order valence-corrected chi connectivity index (χ2v) is 6.03. The van der Waals surface area contributed by atoms with E-state index >= 15 is 0 Å². The highest BCUT2D eigenvalue weighted by Gasteiger charge is 2.09. The van der Waals surface area contributed by atoms with Gasteiger partial charge in [0.05, 0.1) is 10.7 Å². The molecule has 106 valence electrons. The van der Waals surface area contributed by atoms with Crippen molar-refractivity contribution in [3.63, 3.8) is 0 Å². The maximum Gasteiger partial charge on any atom is 0.0642 e. The van der Waals surface area contributed by atoms with Gasteiger partial charge in [-0.05, 0) is 36.4 Å². The maximum atomic E-state index is 6.38. The molecule has 2 aromatic carbocycles. The average Bonchev–Trinajstić information content (AvgIpc) is 2.42. The third-order valence-corrected chi connectivity index (χ3v) is 4.25. The predicted octanol–water partition coefficient (Wildman–Crippen LogP) is 4.46. The smallest absolute Gasteiger partial charge is 0.0642 e. The Kier molecular flexibility index (Phi) is 5.46. The molecule has 1 N–H and O–H groups in total. The van der Waals surface area contributed by atoms with Gasteiger partial charge >= 0.3 is 0 Å². The lowest BCUT2D eigenvalue weighted by atomic mass is 10.1. The van der Waals surface area contributed by atoms with Crippen molar-refractivity contribution in [2.45, 2.75) is 13.1 Å². The monoisotopic (exact) mass is 352 g/mol. The molecule has 20 heavy (non-hydrogen) atoms. The summed E-state index contributed by atoms with van der Waals surface area (Å²) >= 11 is 9.96. The Morgan fingerprint density at radius 3 is 2.60 bits per heavy atom. The van der Waals surface area contributed by atoms with E-state index in [-0.39, 0.29) is 0 Å². The summed E-state index contributed by atoms with van der Waals surface area (Å²) in [7, 11) is 3.99. The van der Waals surface area contributed by atoms with Crippen LogP contribution in [0.25, 0.3) is 0 Å². The van der Waals surface area contributed by atoms with Crippen molar-refractivity contribution in [1.82, 2.24) is 5.32 Å². The van der Waals surface area contributed by atoms with Gasteiger partial charge in [-0.2, -0.15) is 0 Å². The molecule has 0 amide bonds. The van der Waals surface area contributed by atoms with Crippen LogP contribution < -0.4 is 10.2 Å². The van der Waals surface area contributed by atoms with Crippen LogP contribution in [-0.4, -0.2) is 14.1 Å². The summed E-state index contributed by atoms with van der Waals surface area (Å²) in [5.74, 6) is 0. The van der Waals surface area contributed by atoms with E-state index in [4.69, 9.17) is 11.6 Å². The quantitative estimate of drug-likeness (QED) is 0.854. The standard InChI is InChI=1S/C16H18BrClN2/c1-19-10-12-7-8-16(15(18)9-12)20(2)11-13-5-3-4-6-14(13)17/h3-9,19H,10-11H2,1-2H3. The number of halogens is 2. The SMILES string of the molecule is CNCc1ccc(N(C)Cc2ccccc2Br)c(Cl)c1. The molecule has 0 radical (unpaired) electrons. The third kappa shape index (κ3) is 3.75. The summed E-state index contributed by atoms with van der Waals surface area (Å²) in [6.07, 6.45) is 0.